The molecule has 0 spiro atoms. The number of thiazole rings is 1. The second-order valence-corrected chi connectivity index (χ2v) is 8.44. The monoisotopic (exact) mass is 414 g/mol. The fourth-order valence-electron chi connectivity index (χ4n) is 4.13. The zero-order chi connectivity index (χ0) is 20.3. The molecule has 1 aliphatic rings. The van der Waals surface area contributed by atoms with E-state index in [-0.39, 0.29) is 0 Å². The van der Waals surface area contributed by atoms with Crippen LogP contribution in [-0.2, 0) is 12.1 Å². The Labute approximate surface area is 176 Å². The Morgan fingerprint density at radius 2 is 2.17 bits per heavy atom. The van der Waals surface area contributed by atoms with E-state index in [2.05, 4.69) is 19.9 Å². The minimum atomic E-state index is -1.07. The molecule has 148 valence electrons. The molecule has 6 rings (SSSR count). The molecule has 8 heteroatoms. The first kappa shape index (κ1) is 17.5. The van der Waals surface area contributed by atoms with Crippen LogP contribution in [0.1, 0.15) is 23.5 Å². The van der Waals surface area contributed by atoms with Crippen LogP contribution in [0.25, 0.3) is 33.0 Å². The van der Waals surface area contributed by atoms with E-state index in [0.29, 0.717) is 12.2 Å². The molecule has 2 N–H and O–H groups in total. The summed E-state index contributed by atoms with van der Waals surface area (Å²) in [5.41, 5.74) is 5.02. The number of hydrogen-bond acceptors (Lipinski definition) is 6. The Morgan fingerprint density at radius 1 is 1.23 bits per heavy atom. The number of aromatic amines is 1. The highest BCUT2D eigenvalue weighted by Gasteiger charge is 2.40. The third-order valence-corrected chi connectivity index (χ3v) is 6.55. The van der Waals surface area contributed by atoms with Crippen LogP contribution in [0.4, 0.5) is 0 Å². The Hall–Kier alpha value is -3.36. The predicted molar refractivity (Wildman–Crippen MR) is 115 cm³/mol. The maximum Gasteiger partial charge on any atom is 0.156 e. The normalized spacial score (nSPS) is 18.2. The molecule has 1 aliphatic heterocycles. The first-order valence-electron chi connectivity index (χ1n) is 9.73. The smallest absolute Gasteiger partial charge is 0.156 e. The lowest BCUT2D eigenvalue weighted by molar-refractivity contribution is 0.0786. The summed E-state index contributed by atoms with van der Waals surface area (Å²) in [7, 11) is 0. The van der Waals surface area contributed by atoms with Crippen LogP contribution >= 0.6 is 11.3 Å². The van der Waals surface area contributed by atoms with Gasteiger partial charge in [-0.1, -0.05) is 18.2 Å². The maximum absolute atomic E-state index is 11.4. The van der Waals surface area contributed by atoms with E-state index in [1.54, 1.807) is 23.7 Å². The number of imidazole rings is 1. The summed E-state index contributed by atoms with van der Waals surface area (Å²) in [6.07, 6.45) is 7.93. The van der Waals surface area contributed by atoms with Gasteiger partial charge in [0, 0.05) is 42.5 Å². The molecule has 5 heterocycles. The number of H-pyrrole nitrogens is 1. The second kappa shape index (κ2) is 6.32. The zero-order valence-electron chi connectivity index (χ0n) is 16.2. The van der Waals surface area contributed by atoms with Crippen molar-refractivity contribution < 1.29 is 5.11 Å². The summed E-state index contributed by atoms with van der Waals surface area (Å²) in [5.74, 6) is 0.700. The number of aryl methyl sites for hydroxylation is 2. The fourth-order valence-corrected chi connectivity index (χ4v) is 4.98. The summed E-state index contributed by atoms with van der Waals surface area (Å²) in [6, 6.07) is 7.96. The third-order valence-electron chi connectivity index (χ3n) is 5.67. The van der Waals surface area contributed by atoms with E-state index < -0.39 is 5.60 Å². The van der Waals surface area contributed by atoms with E-state index in [1.165, 1.54) is 0 Å². The largest absolute Gasteiger partial charge is 0.377 e. The van der Waals surface area contributed by atoms with Gasteiger partial charge < -0.3 is 14.7 Å². The van der Waals surface area contributed by atoms with Crippen LogP contribution in [0, 0.1) is 6.92 Å². The third kappa shape index (κ3) is 2.54. The van der Waals surface area contributed by atoms with Gasteiger partial charge in [-0.25, -0.2) is 19.9 Å². The van der Waals surface area contributed by atoms with Gasteiger partial charge in [0.05, 0.1) is 23.1 Å². The van der Waals surface area contributed by atoms with Crippen molar-refractivity contribution in [2.45, 2.75) is 25.5 Å². The van der Waals surface area contributed by atoms with Crippen molar-refractivity contribution >= 4 is 22.5 Å². The molecule has 0 fully saturated rings. The van der Waals surface area contributed by atoms with Crippen LogP contribution < -0.4 is 0 Å². The van der Waals surface area contributed by atoms with E-state index >= 15 is 0 Å². The van der Waals surface area contributed by atoms with Gasteiger partial charge in [-0.05, 0) is 18.6 Å². The molecule has 7 nitrogen and oxygen atoms in total. The summed E-state index contributed by atoms with van der Waals surface area (Å²) < 4.78 is 2.01. The summed E-state index contributed by atoms with van der Waals surface area (Å²) in [5, 5.41) is 14.3. The number of benzene rings is 1. The Morgan fingerprint density at radius 3 is 3.10 bits per heavy atom. The SMILES string of the molecule is Cc1cnc2[nH]cc(-c3nc(-c4cccc([C@]5(O)CCn6ccnc65)c4)cs3)c2n1. The first-order chi connectivity index (χ1) is 14.6. The molecule has 0 amide bonds. The predicted octanol–water partition coefficient (Wildman–Crippen LogP) is 3.89. The van der Waals surface area contributed by atoms with Gasteiger partial charge in [-0.15, -0.1) is 11.3 Å². The number of rotatable bonds is 3. The fraction of sp³-hybridized carbons (Fsp3) is 0.182. The molecular weight excluding hydrogens is 396 g/mol. The average molecular weight is 414 g/mol. The van der Waals surface area contributed by atoms with Crippen molar-refractivity contribution in [2.24, 2.45) is 0 Å². The summed E-state index contributed by atoms with van der Waals surface area (Å²) in [6.45, 7) is 2.69. The highest BCUT2D eigenvalue weighted by Crippen LogP contribution is 2.39. The molecule has 30 heavy (non-hydrogen) atoms. The lowest BCUT2D eigenvalue weighted by atomic mass is 9.90. The van der Waals surface area contributed by atoms with Crippen molar-refractivity contribution in [2.75, 3.05) is 0 Å². The number of nitrogens with zero attached hydrogens (tertiary/aromatic N) is 5. The van der Waals surface area contributed by atoms with Crippen LogP contribution in [0.3, 0.4) is 0 Å². The first-order valence-corrected chi connectivity index (χ1v) is 10.6. The lowest BCUT2D eigenvalue weighted by Gasteiger charge is -2.22. The van der Waals surface area contributed by atoms with E-state index in [0.717, 1.165) is 50.8 Å². The Kier molecular flexibility index (Phi) is 3.68. The van der Waals surface area contributed by atoms with E-state index in [4.69, 9.17) is 4.98 Å². The molecule has 0 unspecified atom stereocenters. The van der Waals surface area contributed by atoms with Crippen LogP contribution in [0.5, 0.6) is 0 Å². The summed E-state index contributed by atoms with van der Waals surface area (Å²) >= 11 is 1.57. The second-order valence-electron chi connectivity index (χ2n) is 7.58. The van der Waals surface area contributed by atoms with Gasteiger partial charge in [-0.2, -0.15) is 0 Å². The van der Waals surface area contributed by atoms with Gasteiger partial charge in [0.2, 0.25) is 0 Å². The van der Waals surface area contributed by atoms with Crippen molar-refractivity contribution in [3.8, 4) is 21.8 Å². The van der Waals surface area contributed by atoms with Gasteiger partial charge in [0.1, 0.15) is 21.9 Å². The highest BCUT2D eigenvalue weighted by atomic mass is 32.1. The number of hydrogen-bond donors (Lipinski definition) is 2. The topological polar surface area (TPSA) is 92.5 Å². The van der Waals surface area contributed by atoms with Gasteiger partial charge in [0.15, 0.2) is 5.65 Å². The highest BCUT2D eigenvalue weighted by molar-refractivity contribution is 7.13. The summed E-state index contributed by atoms with van der Waals surface area (Å²) in [4.78, 5) is 21.4. The van der Waals surface area contributed by atoms with Gasteiger partial charge in [0.25, 0.3) is 0 Å². The van der Waals surface area contributed by atoms with Crippen molar-refractivity contribution in [3.05, 3.63) is 71.5 Å². The minimum absolute atomic E-state index is 0.620. The van der Waals surface area contributed by atoms with Crippen molar-refractivity contribution in [3.63, 3.8) is 0 Å². The zero-order valence-corrected chi connectivity index (χ0v) is 17.0. The molecule has 0 aliphatic carbocycles. The number of aromatic nitrogens is 6. The number of fused-ring (bicyclic) bond motifs is 2. The van der Waals surface area contributed by atoms with Crippen LogP contribution in [-0.4, -0.2) is 34.6 Å². The van der Waals surface area contributed by atoms with E-state index in [9.17, 15) is 5.11 Å². The number of aliphatic hydroxyl groups is 1. The van der Waals surface area contributed by atoms with E-state index in [1.807, 2.05) is 53.5 Å². The van der Waals surface area contributed by atoms with Crippen LogP contribution in [0.15, 0.2) is 54.4 Å². The molecule has 1 atom stereocenters. The van der Waals surface area contributed by atoms with Crippen molar-refractivity contribution in [1.82, 2.24) is 29.5 Å². The standard InChI is InChI=1S/C22H18N6OS/c1-13-10-24-19-18(26-13)16(11-25-19)20-27-17(12-30-20)14-3-2-4-15(9-14)22(29)5-7-28-8-6-23-21(22)28/h2-4,6,8-12,29H,5,7H2,1H3,(H,24,25)/t22-/m1/s1. The van der Waals surface area contributed by atoms with Gasteiger partial charge in [-0.3, -0.25) is 0 Å². The Bertz CT molecular complexity index is 1400. The van der Waals surface area contributed by atoms with Crippen LogP contribution in [0.2, 0.25) is 0 Å². The Balaban J connectivity index is 1.40. The maximum atomic E-state index is 11.4. The molecule has 1 aromatic carbocycles. The number of nitrogens with one attached hydrogen (secondary N) is 1. The molecule has 0 saturated heterocycles. The lowest BCUT2D eigenvalue weighted by Crippen LogP contribution is -2.25. The van der Waals surface area contributed by atoms with Crippen molar-refractivity contribution in [1.29, 1.82) is 0 Å². The van der Waals surface area contributed by atoms with Gasteiger partial charge >= 0.3 is 0 Å². The molecule has 0 saturated carbocycles. The molecule has 0 bridgehead atoms. The average Bonchev–Trinajstić information content (AvgIpc) is 3.53. The molecule has 0 radical (unpaired) electrons. The quantitative estimate of drug-likeness (QED) is 0.467. The molecule has 4 aromatic heterocycles. The molecular formula is C22H18N6OS. The molecule has 5 aromatic rings. The minimum Gasteiger partial charge on any atom is -0.377 e.